The Morgan fingerprint density at radius 2 is 1.89 bits per heavy atom. The van der Waals surface area contributed by atoms with Gasteiger partial charge in [-0.05, 0) is 48.9 Å². The molecule has 2 aromatic rings. The van der Waals surface area contributed by atoms with Crippen molar-refractivity contribution in [3.05, 3.63) is 58.4 Å². The average Bonchev–Trinajstić information content (AvgIpc) is 2.34. The van der Waals surface area contributed by atoms with Crippen LogP contribution in [0.15, 0.2) is 36.4 Å². The van der Waals surface area contributed by atoms with Crippen molar-refractivity contribution < 1.29 is 14.2 Å². The number of aryl methyl sites for hydroxylation is 1. The van der Waals surface area contributed by atoms with Gasteiger partial charge in [-0.2, -0.15) is 0 Å². The number of aliphatic hydroxyl groups is 1. The van der Waals surface area contributed by atoms with Gasteiger partial charge in [-0.15, -0.1) is 0 Å². The Labute approximate surface area is 110 Å². The lowest BCUT2D eigenvalue weighted by molar-refractivity contribution is 0.276. The highest BCUT2D eigenvalue weighted by Gasteiger charge is 2.07. The number of benzene rings is 2. The maximum atomic E-state index is 13.0. The first-order chi connectivity index (χ1) is 8.60. The van der Waals surface area contributed by atoms with E-state index in [0.29, 0.717) is 27.6 Å². The van der Waals surface area contributed by atoms with Crippen LogP contribution in [0, 0.1) is 12.7 Å². The highest BCUT2D eigenvalue weighted by molar-refractivity contribution is 6.30. The van der Waals surface area contributed by atoms with Gasteiger partial charge in [-0.1, -0.05) is 11.6 Å². The van der Waals surface area contributed by atoms with Crippen LogP contribution in [-0.2, 0) is 6.61 Å². The van der Waals surface area contributed by atoms with Crippen molar-refractivity contribution in [3.63, 3.8) is 0 Å². The van der Waals surface area contributed by atoms with Crippen LogP contribution in [-0.4, -0.2) is 5.11 Å². The van der Waals surface area contributed by atoms with Crippen LogP contribution in [0.5, 0.6) is 11.5 Å². The Bertz CT molecular complexity index is 570. The smallest absolute Gasteiger partial charge is 0.133 e. The van der Waals surface area contributed by atoms with Crippen molar-refractivity contribution in [1.82, 2.24) is 0 Å². The molecule has 94 valence electrons. The molecule has 0 fully saturated rings. The van der Waals surface area contributed by atoms with Crippen molar-refractivity contribution in [2.24, 2.45) is 0 Å². The first-order valence-corrected chi connectivity index (χ1v) is 5.81. The predicted octanol–water partition coefficient (Wildman–Crippen LogP) is 4.07. The van der Waals surface area contributed by atoms with Crippen LogP contribution >= 0.6 is 11.6 Å². The van der Waals surface area contributed by atoms with Crippen molar-refractivity contribution in [3.8, 4) is 11.5 Å². The largest absolute Gasteiger partial charge is 0.457 e. The molecule has 4 heteroatoms. The van der Waals surface area contributed by atoms with Gasteiger partial charge in [0.25, 0.3) is 0 Å². The Morgan fingerprint density at radius 3 is 2.56 bits per heavy atom. The summed E-state index contributed by atoms with van der Waals surface area (Å²) in [5.41, 5.74) is 1.28. The molecule has 0 saturated carbocycles. The third-order valence-corrected chi connectivity index (χ3v) is 2.78. The van der Waals surface area contributed by atoms with Gasteiger partial charge in [-0.3, -0.25) is 0 Å². The maximum absolute atomic E-state index is 13.0. The van der Waals surface area contributed by atoms with Crippen LogP contribution in [0.3, 0.4) is 0 Å². The third-order valence-electron chi connectivity index (χ3n) is 2.55. The van der Waals surface area contributed by atoms with Gasteiger partial charge in [0, 0.05) is 10.6 Å². The molecule has 18 heavy (non-hydrogen) atoms. The second kappa shape index (κ2) is 5.38. The first kappa shape index (κ1) is 12.9. The molecule has 2 aromatic carbocycles. The van der Waals surface area contributed by atoms with Crippen molar-refractivity contribution in [1.29, 1.82) is 0 Å². The van der Waals surface area contributed by atoms with E-state index in [1.54, 1.807) is 31.2 Å². The van der Waals surface area contributed by atoms with E-state index in [1.165, 1.54) is 12.1 Å². The molecule has 0 atom stereocenters. The minimum absolute atomic E-state index is 0.171. The van der Waals surface area contributed by atoms with E-state index in [0.717, 1.165) is 0 Å². The van der Waals surface area contributed by atoms with E-state index >= 15 is 0 Å². The Hall–Kier alpha value is -1.58. The molecule has 0 radical (unpaired) electrons. The van der Waals surface area contributed by atoms with E-state index in [2.05, 4.69) is 0 Å². The zero-order valence-corrected chi connectivity index (χ0v) is 10.5. The normalized spacial score (nSPS) is 10.4. The summed E-state index contributed by atoms with van der Waals surface area (Å²) >= 11 is 5.83. The molecule has 0 heterocycles. The zero-order valence-electron chi connectivity index (χ0n) is 9.78. The van der Waals surface area contributed by atoms with Crippen LogP contribution in [0.2, 0.25) is 5.02 Å². The minimum Gasteiger partial charge on any atom is -0.457 e. The molecule has 0 aliphatic heterocycles. The third kappa shape index (κ3) is 2.81. The molecule has 0 bridgehead atoms. The van der Waals surface area contributed by atoms with Gasteiger partial charge in [0.1, 0.15) is 17.3 Å². The summed E-state index contributed by atoms with van der Waals surface area (Å²) in [4.78, 5) is 0. The molecule has 2 nitrogen and oxygen atoms in total. The highest BCUT2D eigenvalue weighted by atomic mass is 35.5. The van der Waals surface area contributed by atoms with Crippen LogP contribution in [0.25, 0.3) is 0 Å². The topological polar surface area (TPSA) is 29.5 Å². The maximum Gasteiger partial charge on any atom is 0.133 e. The van der Waals surface area contributed by atoms with Crippen LogP contribution in [0.1, 0.15) is 11.1 Å². The molecule has 0 amide bonds. The Kier molecular flexibility index (Phi) is 3.84. The van der Waals surface area contributed by atoms with Gasteiger partial charge in [0.05, 0.1) is 6.61 Å². The van der Waals surface area contributed by atoms with E-state index < -0.39 is 0 Å². The van der Waals surface area contributed by atoms with E-state index in [4.69, 9.17) is 16.3 Å². The summed E-state index contributed by atoms with van der Waals surface area (Å²) in [7, 11) is 0. The van der Waals surface area contributed by atoms with Gasteiger partial charge in [0.15, 0.2) is 0 Å². The fourth-order valence-electron chi connectivity index (χ4n) is 1.62. The lowest BCUT2D eigenvalue weighted by atomic mass is 10.2. The summed E-state index contributed by atoms with van der Waals surface area (Å²) in [5, 5.41) is 9.77. The fraction of sp³-hybridized carbons (Fsp3) is 0.143. The number of rotatable bonds is 3. The van der Waals surface area contributed by atoms with Crippen molar-refractivity contribution in [2.75, 3.05) is 0 Å². The monoisotopic (exact) mass is 266 g/mol. The van der Waals surface area contributed by atoms with Gasteiger partial charge in [-0.25, -0.2) is 4.39 Å². The molecular weight excluding hydrogens is 255 g/mol. The second-order valence-corrected chi connectivity index (χ2v) is 4.36. The van der Waals surface area contributed by atoms with Crippen molar-refractivity contribution in [2.45, 2.75) is 13.5 Å². The molecule has 0 aliphatic carbocycles. The molecule has 0 unspecified atom stereocenters. The van der Waals surface area contributed by atoms with Gasteiger partial charge in [0.2, 0.25) is 0 Å². The fourth-order valence-corrected chi connectivity index (χ4v) is 1.81. The van der Waals surface area contributed by atoms with E-state index in [9.17, 15) is 9.50 Å². The zero-order chi connectivity index (χ0) is 13.1. The Balaban J connectivity index is 2.33. The van der Waals surface area contributed by atoms with E-state index in [-0.39, 0.29) is 12.4 Å². The van der Waals surface area contributed by atoms with Crippen molar-refractivity contribution >= 4 is 11.6 Å². The lowest BCUT2D eigenvalue weighted by Crippen LogP contribution is -1.93. The lowest BCUT2D eigenvalue weighted by Gasteiger charge is -2.12. The molecule has 0 aromatic heterocycles. The quantitative estimate of drug-likeness (QED) is 0.907. The number of aliphatic hydroxyl groups excluding tert-OH is 1. The van der Waals surface area contributed by atoms with E-state index in [1.807, 2.05) is 0 Å². The average molecular weight is 267 g/mol. The molecular formula is C14H12ClFO2. The molecule has 0 spiro atoms. The number of ether oxygens (including phenoxy) is 1. The summed E-state index contributed by atoms with van der Waals surface area (Å²) < 4.78 is 18.6. The van der Waals surface area contributed by atoms with Crippen LogP contribution < -0.4 is 4.74 Å². The first-order valence-electron chi connectivity index (χ1n) is 5.43. The Morgan fingerprint density at radius 1 is 1.17 bits per heavy atom. The highest BCUT2D eigenvalue weighted by Crippen LogP contribution is 2.30. The van der Waals surface area contributed by atoms with Gasteiger partial charge >= 0.3 is 0 Å². The SMILES string of the molecule is Cc1cc(F)ccc1Oc1ccc(Cl)cc1CO. The summed E-state index contributed by atoms with van der Waals surface area (Å²) in [6, 6.07) is 9.27. The second-order valence-electron chi connectivity index (χ2n) is 3.92. The predicted molar refractivity (Wildman–Crippen MR) is 68.6 cm³/mol. The summed E-state index contributed by atoms with van der Waals surface area (Å²) in [6.45, 7) is 1.59. The number of halogens is 2. The standard InChI is InChI=1S/C14H12ClFO2/c1-9-6-12(16)3-5-13(9)18-14-4-2-11(15)7-10(14)8-17/h2-7,17H,8H2,1H3. The molecule has 0 aliphatic rings. The molecule has 1 N–H and O–H groups in total. The summed E-state index contributed by atoms with van der Waals surface area (Å²) in [5.74, 6) is 0.753. The van der Waals surface area contributed by atoms with Gasteiger partial charge < -0.3 is 9.84 Å². The molecule has 2 rings (SSSR count). The number of hydrogen-bond acceptors (Lipinski definition) is 2. The summed E-state index contributed by atoms with van der Waals surface area (Å²) in [6.07, 6.45) is 0. The minimum atomic E-state index is -0.307. The van der Waals surface area contributed by atoms with Crippen LogP contribution in [0.4, 0.5) is 4.39 Å². The molecule has 0 saturated heterocycles. The number of hydrogen-bond donors (Lipinski definition) is 1.